The maximum atomic E-state index is 11.8. The first-order valence-electron chi connectivity index (χ1n) is 7.95. The molecule has 0 spiro atoms. The second-order valence-corrected chi connectivity index (χ2v) is 7.25. The summed E-state index contributed by atoms with van der Waals surface area (Å²) in [4.78, 5) is 11.8. The van der Waals surface area contributed by atoms with Crippen LogP contribution in [-0.2, 0) is 9.53 Å². The van der Waals surface area contributed by atoms with E-state index in [2.05, 4.69) is 43.1 Å². The predicted octanol–water partition coefficient (Wildman–Crippen LogP) is 3.85. The van der Waals surface area contributed by atoms with Gasteiger partial charge in [0.1, 0.15) is 0 Å². The molecule has 0 aliphatic heterocycles. The fraction of sp³-hybridized carbons (Fsp3) is 0.389. The topological polar surface area (TPSA) is 56.5 Å². The Morgan fingerprint density at radius 3 is 2.62 bits per heavy atom. The summed E-state index contributed by atoms with van der Waals surface area (Å²) in [5, 5.41) is 10.4. The van der Waals surface area contributed by atoms with E-state index in [0.717, 1.165) is 11.2 Å². The lowest BCUT2D eigenvalue weighted by molar-refractivity contribution is -0.144. The number of nitrogens with zero attached hydrogens (tertiary/aromatic N) is 3. The Balaban J connectivity index is 2.07. The summed E-state index contributed by atoms with van der Waals surface area (Å²) in [5.41, 5.74) is 5.47. The van der Waals surface area contributed by atoms with Gasteiger partial charge in [-0.2, -0.15) is 0 Å². The van der Waals surface area contributed by atoms with Gasteiger partial charge in [-0.15, -0.1) is 10.2 Å². The summed E-state index contributed by atoms with van der Waals surface area (Å²) in [7, 11) is 0. The zero-order valence-electron chi connectivity index (χ0n) is 14.6. The highest BCUT2D eigenvalue weighted by Crippen LogP contribution is 2.29. The molecular formula is C18H21N3O2S. The van der Waals surface area contributed by atoms with Gasteiger partial charge in [0.05, 0.1) is 17.4 Å². The number of hydrogen-bond acceptors (Lipinski definition) is 5. The number of aromatic nitrogens is 3. The number of ether oxygens (including phenoxy) is 1. The van der Waals surface area contributed by atoms with Crippen LogP contribution in [0.15, 0.2) is 23.4 Å². The molecule has 1 aromatic carbocycles. The Morgan fingerprint density at radius 1 is 1.17 bits per heavy atom. The van der Waals surface area contributed by atoms with Gasteiger partial charge in [0.25, 0.3) is 0 Å². The van der Waals surface area contributed by atoms with E-state index in [1.165, 1.54) is 33.8 Å². The van der Waals surface area contributed by atoms with Gasteiger partial charge in [-0.3, -0.25) is 9.20 Å². The molecule has 0 aliphatic rings. The highest BCUT2D eigenvalue weighted by atomic mass is 32.2. The van der Waals surface area contributed by atoms with Crippen molar-refractivity contribution in [1.29, 1.82) is 0 Å². The lowest BCUT2D eigenvalue weighted by Crippen LogP contribution is -2.13. The third-order valence-electron chi connectivity index (χ3n) is 3.78. The van der Waals surface area contributed by atoms with Crippen molar-refractivity contribution in [2.24, 2.45) is 0 Å². The highest BCUT2D eigenvalue weighted by molar-refractivity contribution is 7.99. The van der Waals surface area contributed by atoms with Crippen molar-refractivity contribution in [3.05, 3.63) is 34.9 Å². The number of esters is 1. The molecule has 2 aromatic heterocycles. The van der Waals surface area contributed by atoms with Crippen LogP contribution in [0.25, 0.3) is 16.6 Å². The number of pyridine rings is 1. The van der Waals surface area contributed by atoms with Crippen LogP contribution in [0.2, 0.25) is 0 Å². The van der Waals surface area contributed by atoms with E-state index in [4.69, 9.17) is 4.74 Å². The molecule has 0 saturated heterocycles. The van der Waals surface area contributed by atoms with Gasteiger partial charge in [0, 0.05) is 5.39 Å². The maximum absolute atomic E-state index is 11.8. The molecule has 3 aromatic rings. The highest BCUT2D eigenvalue weighted by Gasteiger charge is 2.15. The summed E-state index contributed by atoms with van der Waals surface area (Å²) in [6.45, 7) is 9.96. The molecule has 0 fully saturated rings. The average Bonchev–Trinajstić information content (AvgIpc) is 2.87. The first-order chi connectivity index (χ1) is 11.4. The normalized spacial score (nSPS) is 11.6. The molecule has 0 N–H and O–H groups in total. The van der Waals surface area contributed by atoms with Crippen molar-refractivity contribution in [3.63, 3.8) is 0 Å². The largest absolute Gasteiger partial charge is 0.462 e. The van der Waals surface area contributed by atoms with Crippen molar-refractivity contribution in [2.75, 3.05) is 5.75 Å². The van der Waals surface area contributed by atoms with E-state index < -0.39 is 0 Å². The van der Waals surface area contributed by atoms with Gasteiger partial charge < -0.3 is 4.74 Å². The fourth-order valence-electron chi connectivity index (χ4n) is 2.93. The van der Waals surface area contributed by atoms with Crippen LogP contribution >= 0.6 is 11.8 Å². The molecule has 0 unspecified atom stereocenters. The zero-order valence-corrected chi connectivity index (χ0v) is 15.4. The Labute approximate surface area is 145 Å². The number of aryl methyl sites for hydroxylation is 3. The first kappa shape index (κ1) is 16.8. The van der Waals surface area contributed by atoms with Crippen LogP contribution in [0, 0.1) is 20.8 Å². The number of thioether (sulfide) groups is 1. The molecule has 2 heterocycles. The molecule has 0 aliphatic carbocycles. The predicted molar refractivity (Wildman–Crippen MR) is 96.7 cm³/mol. The Bertz CT molecular complexity index is 931. The molecule has 0 bridgehead atoms. The van der Waals surface area contributed by atoms with E-state index >= 15 is 0 Å². The molecule has 126 valence electrons. The molecule has 5 nitrogen and oxygen atoms in total. The van der Waals surface area contributed by atoms with Crippen molar-refractivity contribution >= 4 is 34.3 Å². The van der Waals surface area contributed by atoms with Gasteiger partial charge in [-0.1, -0.05) is 23.4 Å². The zero-order chi connectivity index (χ0) is 17.4. The minimum Gasteiger partial charge on any atom is -0.462 e. The van der Waals surface area contributed by atoms with Crippen LogP contribution in [0.1, 0.15) is 30.5 Å². The number of benzene rings is 1. The molecule has 0 saturated carbocycles. The van der Waals surface area contributed by atoms with E-state index in [1.807, 2.05) is 24.3 Å². The van der Waals surface area contributed by atoms with Crippen molar-refractivity contribution in [3.8, 4) is 0 Å². The summed E-state index contributed by atoms with van der Waals surface area (Å²) in [6.07, 6.45) is -0.109. The minimum atomic E-state index is -0.240. The van der Waals surface area contributed by atoms with Gasteiger partial charge in [0.15, 0.2) is 10.8 Å². The van der Waals surface area contributed by atoms with Crippen LogP contribution < -0.4 is 0 Å². The standard InChI is InChI=1S/C18H21N3O2S/c1-10(2)23-16(22)9-24-18-20-19-15-8-12(4)14-7-11(3)6-13(5)17(14)21(15)18/h6-8,10H,9H2,1-5H3. The number of hydrogen-bond donors (Lipinski definition) is 0. The van der Waals surface area contributed by atoms with Crippen LogP contribution in [-0.4, -0.2) is 32.4 Å². The third kappa shape index (κ3) is 3.11. The van der Waals surface area contributed by atoms with Crippen LogP contribution in [0.3, 0.4) is 0 Å². The monoisotopic (exact) mass is 343 g/mol. The molecule has 0 atom stereocenters. The maximum Gasteiger partial charge on any atom is 0.316 e. The van der Waals surface area contributed by atoms with E-state index in [1.54, 1.807) is 0 Å². The van der Waals surface area contributed by atoms with E-state index in [9.17, 15) is 4.79 Å². The molecule has 0 amide bonds. The Hall–Kier alpha value is -2.08. The number of rotatable bonds is 4. The lowest BCUT2D eigenvalue weighted by atomic mass is 10.0. The smallest absolute Gasteiger partial charge is 0.316 e. The summed E-state index contributed by atoms with van der Waals surface area (Å²) < 4.78 is 7.22. The first-order valence-corrected chi connectivity index (χ1v) is 8.93. The second-order valence-electron chi connectivity index (χ2n) is 6.31. The van der Waals surface area contributed by atoms with E-state index in [-0.39, 0.29) is 17.8 Å². The van der Waals surface area contributed by atoms with Gasteiger partial charge in [-0.05, 0) is 57.9 Å². The summed E-state index contributed by atoms with van der Waals surface area (Å²) >= 11 is 1.36. The van der Waals surface area contributed by atoms with Crippen LogP contribution in [0.4, 0.5) is 0 Å². The molecule has 6 heteroatoms. The Kier molecular flexibility index (Phi) is 4.49. The van der Waals surface area contributed by atoms with Crippen molar-refractivity contribution < 1.29 is 9.53 Å². The quantitative estimate of drug-likeness (QED) is 0.532. The molecule has 0 radical (unpaired) electrons. The molecule has 3 rings (SSSR count). The summed E-state index contributed by atoms with van der Waals surface area (Å²) in [6, 6.07) is 6.37. The number of carbonyl (C=O) groups is 1. The second kappa shape index (κ2) is 6.43. The SMILES string of the molecule is Cc1cc(C)c2c(c1)c(C)cc1nnc(SCC(=O)OC(C)C)n12. The summed E-state index contributed by atoms with van der Waals surface area (Å²) in [5.74, 6) is -0.0186. The van der Waals surface area contributed by atoms with Crippen molar-refractivity contribution in [1.82, 2.24) is 14.6 Å². The van der Waals surface area contributed by atoms with Crippen molar-refractivity contribution in [2.45, 2.75) is 45.9 Å². The minimum absolute atomic E-state index is 0.109. The van der Waals surface area contributed by atoms with Gasteiger partial charge >= 0.3 is 5.97 Å². The Morgan fingerprint density at radius 2 is 1.92 bits per heavy atom. The van der Waals surface area contributed by atoms with Crippen LogP contribution in [0.5, 0.6) is 0 Å². The lowest BCUT2D eigenvalue weighted by Gasteiger charge is -2.11. The third-order valence-corrected chi connectivity index (χ3v) is 4.69. The molecule has 24 heavy (non-hydrogen) atoms. The average molecular weight is 343 g/mol. The van der Waals surface area contributed by atoms with E-state index in [0.29, 0.717) is 5.16 Å². The van der Waals surface area contributed by atoms with Gasteiger partial charge in [0.2, 0.25) is 0 Å². The fourth-order valence-corrected chi connectivity index (χ4v) is 3.66. The van der Waals surface area contributed by atoms with Gasteiger partial charge in [-0.25, -0.2) is 0 Å². The number of carbonyl (C=O) groups excluding carboxylic acids is 1. The molecular weight excluding hydrogens is 322 g/mol. The number of fused-ring (bicyclic) bond motifs is 3.